The first-order chi connectivity index (χ1) is 13.2. The van der Waals surface area contributed by atoms with Crippen molar-refractivity contribution in [1.82, 2.24) is 0 Å². The van der Waals surface area contributed by atoms with Gasteiger partial charge in [0.1, 0.15) is 12.4 Å². The normalized spacial score (nSPS) is 18.5. The lowest BCUT2D eigenvalue weighted by atomic mass is 9.63. The molecule has 28 heavy (non-hydrogen) atoms. The number of aliphatic hydroxyl groups is 1. The van der Waals surface area contributed by atoms with Gasteiger partial charge in [-0.3, -0.25) is 4.79 Å². The minimum absolute atomic E-state index is 0.120. The molecule has 0 bridgehead atoms. The summed E-state index contributed by atoms with van der Waals surface area (Å²) in [6.07, 6.45) is 2.53. The molecule has 0 radical (unpaired) electrons. The summed E-state index contributed by atoms with van der Waals surface area (Å²) >= 11 is 0. The maximum atomic E-state index is 11.1. The monoisotopic (exact) mass is 372 g/mol. The number of carbonyl (C=O) groups excluding carboxylic acids is 1. The number of rotatable bonds is 3. The number of hydrogen-bond donors (Lipinski definition) is 1. The van der Waals surface area contributed by atoms with Crippen LogP contribution in [0.3, 0.4) is 0 Å². The summed E-state index contributed by atoms with van der Waals surface area (Å²) < 4.78 is 0. The van der Waals surface area contributed by atoms with Gasteiger partial charge in [0, 0.05) is 5.56 Å². The summed E-state index contributed by atoms with van der Waals surface area (Å²) in [4.78, 5) is 11.0. The lowest BCUT2D eigenvalue weighted by Gasteiger charge is -2.42. The zero-order valence-corrected chi connectivity index (χ0v) is 17.1. The summed E-state index contributed by atoms with van der Waals surface area (Å²) in [6.45, 7) is 9.23. The zero-order valence-electron chi connectivity index (χ0n) is 17.1. The second-order valence-corrected chi connectivity index (χ2v) is 9.46. The molecule has 2 nitrogen and oxygen atoms in total. The van der Waals surface area contributed by atoms with Crippen LogP contribution >= 0.6 is 0 Å². The first kappa shape index (κ1) is 18.9. The Bertz CT molecular complexity index is 1060. The van der Waals surface area contributed by atoms with E-state index >= 15 is 0 Å². The van der Waals surface area contributed by atoms with Crippen LogP contribution in [0.25, 0.3) is 10.8 Å². The predicted molar refractivity (Wildman–Crippen MR) is 115 cm³/mol. The van der Waals surface area contributed by atoms with Crippen molar-refractivity contribution < 1.29 is 9.90 Å². The van der Waals surface area contributed by atoms with Gasteiger partial charge in [-0.2, -0.15) is 0 Å². The van der Waals surface area contributed by atoms with Crippen LogP contribution in [0.15, 0.2) is 54.6 Å². The van der Waals surface area contributed by atoms with Crippen molar-refractivity contribution >= 4 is 17.1 Å². The molecule has 1 N–H and O–H groups in total. The quantitative estimate of drug-likeness (QED) is 0.565. The molecule has 1 atom stereocenters. The largest absolute Gasteiger partial charge is 0.384 e. The summed E-state index contributed by atoms with van der Waals surface area (Å²) in [5.41, 5.74) is 5.53. The molecule has 0 saturated carbocycles. The Morgan fingerprint density at radius 3 is 2.07 bits per heavy atom. The highest BCUT2D eigenvalue weighted by Gasteiger charge is 2.37. The summed E-state index contributed by atoms with van der Waals surface area (Å²) in [7, 11) is 0. The fourth-order valence-corrected chi connectivity index (χ4v) is 4.49. The van der Waals surface area contributed by atoms with Crippen molar-refractivity contribution in [3.8, 4) is 0 Å². The summed E-state index contributed by atoms with van der Waals surface area (Å²) in [5, 5.41) is 13.1. The number of aldehydes is 1. The third-order valence-electron chi connectivity index (χ3n) is 6.53. The molecular formula is C26H28O2. The van der Waals surface area contributed by atoms with Gasteiger partial charge in [-0.1, -0.05) is 70.2 Å². The average molecular weight is 373 g/mol. The van der Waals surface area contributed by atoms with Crippen LogP contribution in [0.2, 0.25) is 0 Å². The van der Waals surface area contributed by atoms with E-state index < -0.39 is 6.10 Å². The fraction of sp³-hybridized carbons (Fsp3) is 0.346. The van der Waals surface area contributed by atoms with Crippen molar-refractivity contribution in [2.24, 2.45) is 0 Å². The first-order valence-electron chi connectivity index (χ1n) is 10.0. The van der Waals surface area contributed by atoms with Gasteiger partial charge in [0.25, 0.3) is 0 Å². The van der Waals surface area contributed by atoms with E-state index in [1.165, 1.54) is 17.5 Å². The van der Waals surface area contributed by atoms with E-state index in [-0.39, 0.29) is 10.8 Å². The Labute approximate surface area is 167 Å². The van der Waals surface area contributed by atoms with Crippen molar-refractivity contribution in [3.05, 3.63) is 82.4 Å². The number of fused-ring (bicyclic) bond motifs is 2. The minimum atomic E-state index is -0.665. The maximum Gasteiger partial charge on any atom is 0.150 e. The van der Waals surface area contributed by atoms with E-state index in [0.29, 0.717) is 5.56 Å². The smallest absolute Gasteiger partial charge is 0.150 e. The molecule has 0 saturated heterocycles. The number of hydrogen-bond acceptors (Lipinski definition) is 2. The van der Waals surface area contributed by atoms with Crippen molar-refractivity contribution in [2.45, 2.75) is 57.5 Å². The van der Waals surface area contributed by atoms with E-state index in [2.05, 4.69) is 45.9 Å². The third kappa shape index (κ3) is 3.16. The van der Waals surface area contributed by atoms with Crippen molar-refractivity contribution in [1.29, 1.82) is 0 Å². The van der Waals surface area contributed by atoms with Crippen LogP contribution in [-0.4, -0.2) is 11.4 Å². The Balaban J connectivity index is 1.75. The molecular weight excluding hydrogens is 344 g/mol. The molecule has 0 aromatic heterocycles. The topological polar surface area (TPSA) is 37.3 Å². The van der Waals surface area contributed by atoms with E-state index in [1.54, 1.807) is 0 Å². The second kappa shape index (κ2) is 6.56. The molecule has 2 heteroatoms. The van der Waals surface area contributed by atoms with Gasteiger partial charge in [-0.15, -0.1) is 0 Å². The van der Waals surface area contributed by atoms with E-state index in [9.17, 15) is 9.90 Å². The van der Waals surface area contributed by atoms with Crippen LogP contribution in [0.4, 0.5) is 0 Å². The standard InChI is InChI=1S/C26H28O2/c1-25(2)11-12-26(3,4)23-15-21(9-10-22(23)25)24(28)20-8-7-18-13-17(16-27)5-6-19(18)14-20/h5-10,13-16,24,28H,11-12H2,1-4H3. The van der Waals surface area contributed by atoms with Crippen LogP contribution in [0, 0.1) is 0 Å². The molecule has 3 aromatic carbocycles. The Morgan fingerprint density at radius 1 is 0.786 bits per heavy atom. The number of carbonyl (C=O) groups is 1. The fourth-order valence-electron chi connectivity index (χ4n) is 4.49. The lowest BCUT2D eigenvalue weighted by Crippen LogP contribution is -2.34. The SMILES string of the molecule is CC1(C)CCC(C)(C)c2cc(C(O)c3ccc4cc(C=O)ccc4c3)ccc21. The first-order valence-corrected chi connectivity index (χ1v) is 10.0. The van der Waals surface area contributed by atoms with E-state index in [1.807, 2.05) is 36.4 Å². The molecule has 0 aliphatic heterocycles. The molecule has 1 unspecified atom stereocenters. The lowest BCUT2D eigenvalue weighted by molar-refractivity contribution is 0.112. The van der Waals surface area contributed by atoms with Gasteiger partial charge in [0.05, 0.1) is 0 Å². The van der Waals surface area contributed by atoms with E-state index in [4.69, 9.17) is 0 Å². The Kier molecular flexibility index (Phi) is 4.43. The molecule has 0 fully saturated rings. The molecule has 0 heterocycles. The third-order valence-corrected chi connectivity index (χ3v) is 6.53. The zero-order chi connectivity index (χ0) is 20.1. The number of aliphatic hydroxyl groups excluding tert-OH is 1. The van der Waals surface area contributed by atoms with Gasteiger partial charge in [0.15, 0.2) is 0 Å². The van der Waals surface area contributed by atoms with Crippen molar-refractivity contribution in [3.63, 3.8) is 0 Å². The van der Waals surface area contributed by atoms with Gasteiger partial charge in [0.2, 0.25) is 0 Å². The molecule has 0 amide bonds. The van der Waals surface area contributed by atoms with Gasteiger partial charge in [-0.05, 0) is 68.8 Å². The Hall–Kier alpha value is -2.45. The maximum absolute atomic E-state index is 11.1. The molecule has 3 aromatic rings. The average Bonchev–Trinajstić information content (AvgIpc) is 2.70. The molecule has 0 spiro atoms. The van der Waals surface area contributed by atoms with Crippen LogP contribution in [0.5, 0.6) is 0 Å². The molecule has 4 rings (SSSR count). The molecule has 1 aliphatic rings. The van der Waals surface area contributed by atoms with Gasteiger partial charge in [-0.25, -0.2) is 0 Å². The van der Waals surface area contributed by atoms with Gasteiger partial charge >= 0.3 is 0 Å². The highest BCUT2D eigenvalue weighted by Crippen LogP contribution is 2.46. The highest BCUT2D eigenvalue weighted by atomic mass is 16.3. The van der Waals surface area contributed by atoms with E-state index in [0.717, 1.165) is 34.6 Å². The second-order valence-electron chi connectivity index (χ2n) is 9.46. The molecule has 144 valence electrons. The van der Waals surface area contributed by atoms with Crippen LogP contribution in [-0.2, 0) is 10.8 Å². The van der Waals surface area contributed by atoms with Crippen LogP contribution < -0.4 is 0 Å². The highest BCUT2D eigenvalue weighted by molar-refractivity contribution is 5.89. The summed E-state index contributed by atoms with van der Waals surface area (Å²) in [5.74, 6) is 0. The van der Waals surface area contributed by atoms with Gasteiger partial charge < -0.3 is 5.11 Å². The minimum Gasteiger partial charge on any atom is -0.384 e. The molecule has 1 aliphatic carbocycles. The van der Waals surface area contributed by atoms with Crippen molar-refractivity contribution in [2.75, 3.05) is 0 Å². The Morgan fingerprint density at radius 2 is 1.36 bits per heavy atom. The number of benzene rings is 3. The van der Waals surface area contributed by atoms with Crippen LogP contribution in [0.1, 0.15) is 79.3 Å². The summed E-state index contributed by atoms with van der Waals surface area (Å²) in [6, 6.07) is 18.1. The predicted octanol–water partition coefficient (Wildman–Crippen LogP) is 6.08.